The van der Waals surface area contributed by atoms with Crippen LogP contribution in [-0.2, 0) is 5.41 Å². The lowest BCUT2D eigenvalue weighted by Gasteiger charge is -2.20. The van der Waals surface area contributed by atoms with Crippen LogP contribution in [-0.4, -0.2) is 19.6 Å². The molecule has 0 fully saturated rings. The standard InChI is InChI=1S/C33H31N3OS/c1-20(2)23-12-14-29(37)32-26(23)13-15-31(35-32)38-22-10-11-25-24-8-6-7-9-27(24)36(28(25)19-22)30-18-21(16-17-34-30)33(3,4)5/h6-20,37H,1-5H3. The van der Waals surface area contributed by atoms with Gasteiger partial charge in [0.2, 0.25) is 0 Å². The van der Waals surface area contributed by atoms with E-state index in [9.17, 15) is 5.11 Å². The van der Waals surface area contributed by atoms with Gasteiger partial charge in [-0.1, -0.05) is 76.7 Å². The summed E-state index contributed by atoms with van der Waals surface area (Å²) in [7, 11) is 0. The monoisotopic (exact) mass is 517 g/mol. The van der Waals surface area contributed by atoms with Crippen molar-refractivity contribution in [1.82, 2.24) is 14.5 Å². The van der Waals surface area contributed by atoms with Crippen LogP contribution in [0.25, 0.3) is 38.5 Å². The van der Waals surface area contributed by atoms with E-state index < -0.39 is 0 Å². The van der Waals surface area contributed by atoms with Crippen LogP contribution in [0.4, 0.5) is 0 Å². The van der Waals surface area contributed by atoms with Crippen molar-refractivity contribution in [3.05, 3.63) is 96.2 Å². The third-order valence-corrected chi connectivity index (χ3v) is 8.10. The van der Waals surface area contributed by atoms with Gasteiger partial charge in [0.25, 0.3) is 0 Å². The summed E-state index contributed by atoms with van der Waals surface area (Å²) in [6.07, 6.45) is 1.91. The van der Waals surface area contributed by atoms with Crippen molar-refractivity contribution in [3.8, 4) is 11.6 Å². The summed E-state index contributed by atoms with van der Waals surface area (Å²) >= 11 is 1.61. The van der Waals surface area contributed by atoms with Crippen LogP contribution < -0.4 is 0 Å². The molecular weight excluding hydrogens is 486 g/mol. The zero-order valence-electron chi connectivity index (χ0n) is 22.4. The fraction of sp³-hybridized carbons (Fsp3) is 0.212. The van der Waals surface area contributed by atoms with Gasteiger partial charge in [-0.2, -0.15) is 0 Å². The first kappa shape index (κ1) is 24.5. The van der Waals surface area contributed by atoms with Crippen LogP contribution in [0.15, 0.2) is 95.0 Å². The highest BCUT2D eigenvalue weighted by atomic mass is 32.2. The molecule has 0 atom stereocenters. The fourth-order valence-electron chi connectivity index (χ4n) is 5.16. The van der Waals surface area contributed by atoms with Crippen molar-refractivity contribution in [2.45, 2.75) is 55.9 Å². The second-order valence-corrected chi connectivity index (χ2v) is 12.3. The molecule has 6 aromatic rings. The maximum absolute atomic E-state index is 10.5. The SMILES string of the molecule is CC(C)c1ccc(O)c2nc(Sc3ccc4c5ccccc5n(-c5cc(C(C)(C)C)ccn5)c4c3)ccc12. The number of rotatable bonds is 4. The zero-order chi connectivity index (χ0) is 26.6. The Hall–Kier alpha value is -3.83. The van der Waals surface area contributed by atoms with Crippen LogP contribution in [0.2, 0.25) is 0 Å². The van der Waals surface area contributed by atoms with Gasteiger partial charge in [0.1, 0.15) is 22.1 Å². The first-order chi connectivity index (χ1) is 18.2. The Labute approximate surface area is 227 Å². The minimum absolute atomic E-state index is 0.0280. The van der Waals surface area contributed by atoms with Crippen molar-refractivity contribution in [1.29, 1.82) is 0 Å². The molecule has 0 aliphatic carbocycles. The lowest BCUT2D eigenvalue weighted by atomic mass is 9.88. The van der Waals surface area contributed by atoms with Crippen LogP contribution in [0, 0.1) is 0 Å². The van der Waals surface area contributed by atoms with Crippen LogP contribution >= 0.6 is 11.8 Å². The van der Waals surface area contributed by atoms with Gasteiger partial charge in [-0.15, -0.1) is 0 Å². The first-order valence-electron chi connectivity index (χ1n) is 13.0. The number of fused-ring (bicyclic) bond motifs is 4. The molecule has 0 amide bonds. The second kappa shape index (κ2) is 9.17. The number of aromatic hydroxyl groups is 1. The highest BCUT2D eigenvalue weighted by Gasteiger charge is 2.18. The molecule has 0 spiro atoms. The largest absolute Gasteiger partial charge is 0.506 e. The van der Waals surface area contributed by atoms with Gasteiger partial charge in [0.05, 0.1) is 11.0 Å². The molecular formula is C33H31N3OS. The Balaban J connectivity index is 1.49. The van der Waals surface area contributed by atoms with Crippen molar-refractivity contribution in [3.63, 3.8) is 0 Å². The highest BCUT2D eigenvalue weighted by Crippen LogP contribution is 2.38. The number of phenols is 1. The number of phenolic OH excluding ortho intramolecular Hbond substituents is 1. The average Bonchev–Trinajstić information content (AvgIpc) is 3.22. The second-order valence-electron chi connectivity index (χ2n) is 11.2. The number of para-hydroxylation sites is 1. The Morgan fingerprint density at radius 1 is 0.816 bits per heavy atom. The number of aromatic nitrogens is 3. The molecule has 4 nitrogen and oxygen atoms in total. The summed E-state index contributed by atoms with van der Waals surface area (Å²) < 4.78 is 2.26. The third-order valence-electron chi connectivity index (χ3n) is 7.17. The zero-order valence-corrected chi connectivity index (χ0v) is 23.2. The molecule has 0 radical (unpaired) electrons. The molecule has 0 aliphatic heterocycles. The van der Waals surface area contributed by atoms with E-state index in [1.54, 1.807) is 17.8 Å². The predicted molar refractivity (Wildman–Crippen MR) is 159 cm³/mol. The molecule has 190 valence electrons. The van der Waals surface area contributed by atoms with E-state index in [2.05, 4.69) is 99.8 Å². The summed E-state index contributed by atoms with van der Waals surface area (Å²) in [4.78, 5) is 10.7. The van der Waals surface area contributed by atoms with E-state index in [4.69, 9.17) is 9.97 Å². The maximum atomic E-state index is 10.5. The summed E-state index contributed by atoms with van der Waals surface area (Å²) in [5, 5.41) is 14.8. The minimum Gasteiger partial charge on any atom is -0.506 e. The van der Waals surface area contributed by atoms with E-state index in [-0.39, 0.29) is 11.2 Å². The van der Waals surface area contributed by atoms with Gasteiger partial charge >= 0.3 is 0 Å². The van der Waals surface area contributed by atoms with E-state index >= 15 is 0 Å². The van der Waals surface area contributed by atoms with Crippen molar-refractivity contribution in [2.24, 2.45) is 0 Å². The molecule has 0 bridgehead atoms. The topological polar surface area (TPSA) is 50.9 Å². The van der Waals surface area contributed by atoms with Crippen molar-refractivity contribution < 1.29 is 5.11 Å². The fourth-order valence-corrected chi connectivity index (χ4v) is 5.98. The van der Waals surface area contributed by atoms with E-state index in [1.165, 1.54) is 21.9 Å². The van der Waals surface area contributed by atoms with Crippen molar-refractivity contribution >= 4 is 44.5 Å². The van der Waals surface area contributed by atoms with Gasteiger partial charge in [0.15, 0.2) is 0 Å². The lowest BCUT2D eigenvalue weighted by molar-refractivity contribution is 0.480. The number of pyridine rings is 2. The summed E-state index contributed by atoms with van der Waals surface area (Å²) in [5.74, 6) is 1.49. The normalized spacial score (nSPS) is 12.3. The molecule has 1 N–H and O–H groups in total. The molecule has 3 heterocycles. The molecule has 0 aliphatic rings. The van der Waals surface area contributed by atoms with E-state index in [0.717, 1.165) is 32.2 Å². The van der Waals surface area contributed by atoms with Crippen LogP contribution in [0.1, 0.15) is 51.7 Å². The first-order valence-corrected chi connectivity index (χ1v) is 13.8. The number of hydrogen-bond acceptors (Lipinski definition) is 4. The number of nitrogens with zero attached hydrogens (tertiary/aromatic N) is 3. The highest BCUT2D eigenvalue weighted by molar-refractivity contribution is 7.99. The Morgan fingerprint density at radius 2 is 1.58 bits per heavy atom. The molecule has 6 rings (SSSR count). The van der Waals surface area contributed by atoms with Crippen LogP contribution in [0.5, 0.6) is 5.75 Å². The maximum Gasteiger partial charge on any atom is 0.141 e. The Kier molecular flexibility index (Phi) is 5.92. The minimum atomic E-state index is 0.0280. The summed E-state index contributed by atoms with van der Waals surface area (Å²) in [6, 6.07) is 27.2. The lowest BCUT2D eigenvalue weighted by Crippen LogP contribution is -2.12. The Bertz CT molecular complexity index is 1830. The number of benzene rings is 3. The molecule has 3 aromatic carbocycles. The van der Waals surface area contributed by atoms with Crippen molar-refractivity contribution in [2.75, 3.05) is 0 Å². The third kappa shape index (κ3) is 4.21. The predicted octanol–water partition coefficient (Wildman–Crippen LogP) is 9.00. The number of hydrogen-bond donors (Lipinski definition) is 1. The van der Waals surface area contributed by atoms with E-state index in [0.29, 0.717) is 11.4 Å². The summed E-state index contributed by atoms with van der Waals surface area (Å²) in [5.41, 5.74) is 5.37. The molecule has 0 unspecified atom stereocenters. The molecule has 0 saturated carbocycles. The van der Waals surface area contributed by atoms with E-state index in [1.807, 2.05) is 18.3 Å². The van der Waals surface area contributed by atoms with Gasteiger partial charge in [-0.05, 0) is 71.0 Å². The average molecular weight is 518 g/mol. The van der Waals surface area contributed by atoms with Crippen LogP contribution in [0.3, 0.4) is 0 Å². The smallest absolute Gasteiger partial charge is 0.141 e. The summed E-state index contributed by atoms with van der Waals surface area (Å²) in [6.45, 7) is 11.0. The molecule has 3 aromatic heterocycles. The Morgan fingerprint density at radius 3 is 2.37 bits per heavy atom. The molecule has 0 saturated heterocycles. The van der Waals surface area contributed by atoms with Gasteiger partial charge in [-0.25, -0.2) is 9.97 Å². The van der Waals surface area contributed by atoms with Gasteiger partial charge < -0.3 is 5.11 Å². The van der Waals surface area contributed by atoms with Gasteiger partial charge in [0, 0.05) is 27.3 Å². The van der Waals surface area contributed by atoms with Gasteiger partial charge in [-0.3, -0.25) is 4.57 Å². The molecule has 5 heteroatoms. The quantitative estimate of drug-likeness (QED) is 0.253. The molecule has 38 heavy (non-hydrogen) atoms.